The molecule has 8 nitrogen and oxygen atoms in total. The molecule has 1 aliphatic carbocycles. The number of nitrogens with zero attached hydrogens (tertiary/aromatic N) is 4. The lowest BCUT2D eigenvalue weighted by Gasteiger charge is -2.07. The summed E-state index contributed by atoms with van der Waals surface area (Å²) in [5, 5.41) is 4.33. The fourth-order valence-electron chi connectivity index (χ4n) is 2.97. The number of pyridine rings is 1. The SMILES string of the molecule is O=c1n(CCNS(=O)(=O)c2cc(F)cc(F)c2)nc(-c2cccnc2)n1C1CC1. The highest BCUT2D eigenvalue weighted by atomic mass is 32.2. The maximum Gasteiger partial charge on any atom is 0.346 e. The lowest BCUT2D eigenvalue weighted by atomic mass is 10.3. The Morgan fingerprint density at radius 1 is 1.17 bits per heavy atom. The summed E-state index contributed by atoms with van der Waals surface area (Å²) in [7, 11) is -4.14. The normalized spacial score (nSPS) is 14.3. The Hall–Kier alpha value is -2.92. The van der Waals surface area contributed by atoms with Crippen molar-refractivity contribution >= 4 is 10.0 Å². The second-order valence-electron chi connectivity index (χ2n) is 6.68. The number of hydrogen-bond donors (Lipinski definition) is 1. The summed E-state index contributed by atoms with van der Waals surface area (Å²) in [5.41, 5.74) is 0.341. The Labute approximate surface area is 164 Å². The number of benzene rings is 1. The molecule has 3 aromatic rings. The standard InChI is InChI=1S/C18H17F2N5O3S/c19-13-8-14(20)10-16(9-13)29(27,28)22-6-7-24-18(26)25(15-3-4-15)17(23-24)12-2-1-5-21-11-12/h1-2,5,8-11,15,22H,3-4,6-7H2. The molecule has 0 spiro atoms. The Bertz CT molecular complexity index is 1180. The zero-order valence-electron chi connectivity index (χ0n) is 15.1. The number of hydrogen-bond acceptors (Lipinski definition) is 5. The van der Waals surface area contributed by atoms with E-state index in [4.69, 9.17) is 0 Å². The summed E-state index contributed by atoms with van der Waals surface area (Å²) >= 11 is 0. The molecule has 0 atom stereocenters. The molecule has 0 bridgehead atoms. The van der Waals surface area contributed by atoms with E-state index < -0.39 is 26.6 Å². The van der Waals surface area contributed by atoms with E-state index in [0.717, 1.165) is 25.0 Å². The number of halogens is 2. The van der Waals surface area contributed by atoms with Crippen LogP contribution in [0, 0.1) is 11.6 Å². The highest BCUT2D eigenvalue weighted by Crippen LogP contribution is 2.36. The molecule has 11 heteroatoms. The van der Waals surface area contributed by atoms with Crippen molar-refractivity contribution in [3.63, 3.8) is 0 Å². The molecule has 1 fully saturated rings. The minimum absolute atomic E-state index is 0.0388. The fraction of sp³-hybridized carbons (Fsp3) is 0.278. The van der Waals surface area contributed by atoms with E-state index in [1.807, 2.05) is 0 Å². The van der Waals surface area contributed by atoms with Gasteiger partial charge in [-0.2, -0.15) is 0 Å². The summed E-state index contributed by atoms with van der Waals surface area (Å²) < 4.78 is 56.1. The van der Waals surface area contributed by atoms with Gasteiger partial charge in [-0.3, -0.25) is 9.55 Å². The third-order valence-electron chi connectivity index (χ3n) is 4.46. The molecule has 1 aliphatic rings. The van der Waals surface area contributed by atoms with Crippen molar-refractivity contribution in [3.8, 4) is 11.4 Å². The second kappa shape index (κ2) is 7.48. The zero-order chi connectivity index (χ0) is 20.6. The molecule has 4 rings (SSSR count). The Morgan fingerprint density at radius 3 is 2.52 bits per heavy atom. The minimum Gasteiger partial charge on any atom is -0.272 e. The monoisotopic (exact) mass is 421 g/mol. The van der Waals surface area contributed by atoms with Gasteiger partial charge in [0.05, 0.1) is 11.4 Å². The highest BCUT2D eigenvalue weighted by Gasteiger charge is 2.30. The van der Waals surface area contributed by atoms with E-state index >= 15 is 0 Å². The summed E-state index contributed by atoms with van der Waals surface area (Å²) in [6, 6.07) is 5.63. The molecule has 0 amide bonds. The molecule has 2 aromatic heterocycles. The molecule has 1 N–H and O–H groups in total. The van der Waals surface area contributed by atoms with Crippen LogP contribution in [0.1, 0.15) is 18.9 Å². The fourth-order valence-corrected chi connectivity index (χ4v) is 4.03. The maximum absolute atomic E-state index is 13.3. The largest absolute Gasteiger partial charge is 0.346 e. The molecule has 152 valence electrons. The van der Waals surface area contributed by atoms with Gasteiger partial charge in [0, 0.05) is 36.6 Å². The van der Waals surface area contributed by atoms with Gasteiger partial charge in [0.1, 0.15) is 11.6 Å². The van der Waals surface area contributed by atoms with E-state index in [9.17, 15) is 22.0 Å². The van der Waals surface area contributed by atoms with Gasteiger partial charge in [-0.25, -0.2) is 31.4 Å². The molecule has 0 unspecified atom stereocenters. The third kappa shape index (κ3) is 4.10. The number of sulfonamides is 1. The van der Waals surface area contributed by atoms with Gasteiger partial charge in [-0.05, 0) is 37.1 Å². The average Bonchev–Trinajstić information content (AvgIpc) is 3.46. The maximum atomic E-state index is 13.3. The topological polar surface area (TPSA) is 98.9 Å². The summed E-state index contributed by atoms with van der Waals surface area (Å²) in [4.78, 5) is 16.2. The first-order valence-electron chi connectivity index (χ1n) is 8.91. The van der Waals surface area contributed by atoms with Crippen LogP contribution in [0.25, 0.3) is 11.4 Å². The van der Waals surface area contributed by atoms with Crippen molar-refractivity contribution < 1.29 is 17.2 Å². The minimum atomic E-state index is -4.14. The Kier molecular flexibility index (Phi) is 5.01. The van der Waals surface area contributed by atoms with E-state index in [2.05, 4.69) is 14.8 Å². The predicted octanol–water partition coefficient (Wildman–Crippen LogP) is 1.70. The van der Waals surface area contributed by atoms with E-state index in [1.54, 1.807) is 29.1 Å². The van der Waals surface area contributed by atoms with Crippen molar-refractivity contribution in [2.45, 2.75) is 30.3 Å². The molecular weight excluding hydrogens is 404 g/mol. The lowest BCUT2D eigenvalue weighted by Crippen LogP contribution is -2.32. The molecule has 0 aliphatic heterocycles. The van der Waals surface area contributed by atoms with Gasteiger partial charge in [-0.15, -0.1) is 5.10 Å². The van der Waals surface area contributed by atoms with Crippen LogP contribution in [0.2, 0.25) is 0 Å². The van der Waals surface area contributed by atoms with Crippen molar-refractivity contribution in [2.24, 2.45) is 0 Å². The molecule has 2 heterocycles. The van der Waals surface area contributed by atoms with Gasteiger partial charge in [0.25, 0.3) is 0 Å². The third-order valence-corrected chi connectivity index (χ3v) is 5.90. The molecule has 29 heavy (non-hydrogen) atoms. The van der Waals surface area contributed by atoms with Gasteiger partial charge < -0.3 is 0 Å². The van der Waals surface area contributed by atoms with Crippen LogP contribution >= 0.6 is 0 Å². The predicted molar refractivity (Wildman–Crippen MR) is 99.5 cm³/mol. The van der Waals surface area contributed by atoms with Crippen LogP contribution in [0.5, 0.6) is 0 Å². The first-order chi connectivity index (χ1) is 13.8. The second-order valence-corrected chi connectivity index (χ2v) is 8.44. The van der Waals surface area contributed by atoms with Crippen molar-refractivity contribution in [3.05, 3.63) is 64.8 Å². The summed E-state index contributed by atoms with van der Waals surface area (Å²) in [6.07, 6.45) is 4.96. The number of aromatic nitrogens is 4. The quantitative estimate of drug-likeness (QED) is 0.626. The number of nitrogens with one attached hydrogen (secondary N) is 1. The number of rotatable bonds is 7. The first kappa shape index (κ1) is 19.4. The van der Waals surface area contributed by atoms with E-state index in [-0.39, 0.29) is 24.8 Å². The van der Waals surface area contributed by atoms with Crippen molar-refractivity contribution in [2.75, 3.05) is 6.54 Å². The van der Waals surface area contributed by atoms with Crippen LogP contribution in [-0.2, 0) is 16.6 Å². The molecule has 0 radical (unpaired) electrons. The van der Waals surface area contributed by atoms with Crippen LogP contribution in [0.3, 0.4) is 0 Å². The molecule has 0 saturated heterocycles. The average molecular weight is 421 g/mol. The van der Waals surface area contributed by atoms with Crippen LogP contribution < -0.4 is 10.4 Å². The van der Waals surface area contributed by atoms with Gasteiger partial charge >= 0.3 is 5.69 Å². The molecule has 1 saturated carbocycles. The van der Waals surface area contributed by atoms with Crippen LogP contribution in [0.15, 0.2) is 52.4 Å². The lowest BCUT2D eigenvalue weighted by molar-refractivity contribution is 0.542. The van der Waals surface area contributed by atoms with E-state index in [0.29, 0.717) is 17.5 Å². The Balaban J connectivity index is 1.54. The summed E-state index contributed by atoms with van der Waals surface area (Å²) in [6.45, 7) is -0.211. The molecule has 1 aromatic carbocycles. The zero-order valence-corrected chi connectivity index (χ0v) is 15.9. The first-order valence-corrected chi connectivity index (χ1v) is 10.4. The van der Waals surface area contributed by atoms with Crippen LogP contribution in [0.4, 0.5) is 8.78 Å². The highest BCUT2D eigenvalue weighted by molar-refractivity contribution is 7.89. The smallest absolute Gasteiger partial charge is 0.272 e. The Morgan fingerprint density at radius 2 is 1.90 bits per heavy atom. The molecular formula is C18H17F2N5O3S. The summed E-state index contributed by atoms with van der Waals surface area (Å²) in [5.74, 6) is -1.52. The van der Waals surface area contributed by atoms with Crippen molar-refractivity contribution in [1.82, 2.24) is 24.1 Å². The van der Waals surface area contributed by atoms with E-state index in [1.165, 1.54) is 4.68 Å². The van der Waals surface area contributed by atoms with Gasteiger partial charge in [0.2, 0.25) is 10.0 Å². The van der Waals surface area contributed by atoms with Gasteiger partial charge in [0.15, 0.2) is 5.82 Å². The van der Waals surface area contributed by atoms with Crippen molar-refractivity contribution in [1.29, 1.82) is 0 Å². The van der Waals surface area contributed by atoms with Crippen LogP contribution in [-0.4, -0.2) is 34.3 Å². The van der Waals surface area contributed by atoms with Gasteiger partial charge in [-0.1, -0.05) is 0 Å².